The summed E-state index contributed by atoms with van der Waals surface area (Å²) in [6.45, 7) is 3.99. The number of ether oxygens (including phenoxy) is 1. The second-order valence-corrected chi connectivity index (χ2v) is 5.62. The van der Waals surface area contributed by atoms with Gasteiger partial charge in [-0.1, -0.05) is 30.3 Å². The van der Waals surface area contributed by atoms with E-state index < -0.39 is 0 Å². The van der Waals surface area contributed by atoms with E-state index in [0.29, 0.717) is 13.1 Å². The number of benzene rings is 1. The van der Waals surface area contributed by atoms with Crippen molar-refractivity contribution < 1.29 is 9.53 Å². The highest BCUT2D eigenvalue weighted by atomic mass is 16.5. The molecule has 0 radical (unpaired) electrons. The van der Waals surface area contributed by atoms with Gasteiger partial charge in [0.1, 0.15) is 6.17 Å². The zero-order chi connectivity index (χ0) is 13.3. The molecule has 1 aromatic carbocycles. The lowest BCUT2D eigenvalue weighted by Gasteiger charge is -2.32. The molecule has 2 aliphatic rings. The number of hydrogen-bond acceptors (Lipinski definition) is 3. The van der Waals surface area contributed by atoms with E-state index in [1.807, 2.05) is 23.1 Å². The number of carbonyl (C=O) groups excluding carboxylic acids is 1. The molecule has 4 heteroatoms. The molecule has 2 fully saturated rings. The fourth-order valence-electron chi connectivity index (χ4n) is 2.97. The quantitative estimate of drug-likeness (QED) is 0.899. The lowest BCUT2D eigenvalue weighted by molar-refractivity contribution is -0.131. The summed E-state index contributed by atoms with van der Waals surface area (Å²) in [6.07, 6.45) is 2.09. The van der Waals surface area contributed by atoms with Crippen molar-refractivity contribution in [1.82, 2.24) is 10.2 Å². The SMILES string of the molecule is CC1(CN2C(=O)CNC2c2ccccc2)CCCO1. The second kappa shape index (κ2) is 4.94. The van der Waals surface area contributed by atoms with Gasteiger partial charge >= 0.3 is 0 Å². The molecule has 102 valence electrons. The highest BCUT2D eigenvalue weighted by Crippen LogP contribution is 2.30. The molecular weight excluding hydrogens is 240 g/mol. The van der Waals surface area contributed by atoms with Crippen LogP contribution in [0.4, 0.5) is 0 Å². The van der Waals surface area contributed by atoms with Crippen LogP contribution < -0.4 is 5.32 Å². The van der Waals surface area contributed by atoms with E-state index in [9.17, 15) is 4.79 Å². The van der Waals surface area contributed by atoms with Crippen LogP contribution in [-0.2, 0) is 9.53 Å². The maximum absolute atomic E-state index is 12.1. The number of hydrogen-bond donors (Lipinski definition) is 1. The largest absolute Gasteiger partial charge is 0.373 e. The topological polar surface area (TPSA) is 41.6 Å². The Morgan fingerprint density at radius 2 is 2.21 bits per heavy atom. The predicted molar refractivity (Wildman–Crippen MR) is 72.5 cm³/mol. The third-order valence-corrected chi connectivity index (χ3v) is 4.00. The molecule has 0 aliphatic carbocycles. The van der Waals surface area contributed by atoms with Crippen LogP contribution in [0.3, 0.4) is 0 Å². The predicted octanol–water partition coefficient (Wildman–Crippen LogP) is 1.69. The van der Waals surface area contributed by atoms with Crippen molar-refractivity contribution in [2.75, 3.05) is 19.7 Å². The van der Waals surface area contributed by atoms with Crippen LogP contribution in [-0.4, -0.2) is 36.1 Å². The number of carbonyl (C=O) groups is 1. The molecule has 2 saturated heterocycles. The molecule has 0 aromatic heterocycles. The van der Waals surface area contributed by atoms with Crippen LogP contribution in [0.1, 0.15) is 31.5 Å². The first-order chi connectivity index (χ1) is 9.18. The molecule has 0 spiro atoms. The molecule has 2 unspecified atom stereocenters. The van der Waals surface area contributed by atoms with Gasteiger partial charge in [-0.25, -0.2) is 0 Å². The molecule has 0 bridgehead atoms. The standard InChI is InChI=1S/C15H20N2O2/c1-15(8-5-9-19-15)11-17-13(18)10-16-14(17)12-6-3-2-4-7-12/h2-4,6-7,14,16H,5,8-11H2,1H3. The molecule has 3 rings (SSSR count). The first-order valence-corrected chi connectivity index (χ1v) is 6.90. The van der Waals surface area contributed by atoms with Crippen LogP contribution in [0.25, 0.3) is 0 Å². The summed E-state index contributed by atoms with van der Waals surface area (Å²) in [6, 6.07) is 10.1. The van der Waals surface area contributed by atoms with Gasteiger partial charge in [0.05, 0.1) is 18.7 Å². The highest BCUT2D eigenvalue weighted by molar-refractivity contribution is 5.81. The molecule has 4 nitrogen and oxygen atoms in total. The van der Waals surface area contributed by atoms with Gasteiger partial charge in [0.2, 0.25) is 5.91 Å². The normalized spacial score (nSPS) is 31.1. The number of nitrogens with one attached hydrogen (secondary N) is 1. The van der Waals surface area contributed by atoms with Gasteiger partial charge in [0, 0.05) is 6.61 Å². The van der Waals surface area contributed by atoms with Crippen LogP contribution in [0.2, 0.25) is 0 Å². The van der Waals surface area contributed by atoms with Gasteiger partial charge in [-0.3, -0.25) is 10.1 Å². The molecule has 0 saturated carbocycles. The molecule has 1 amide bonds. The molecule has 1 aromatic rings. The Balaban J connectivity index is 1.79. The Morgan fingerprint density at radius 1 is 1.42 bits per heavy atom. The van der Waals surface area contributed by atoms with Gasteiger partial charge in [-0.05, 0) is 25.3 Å². The van der Waals surface area contributed by atoms with E-state index in [2.05, 4.69) is 24.4 Å². The molecular formula is C15H20N2O2. The van der Waals surface area contributed by atoms with Crippen molar-refractivity contribution in [2.24, 2.45) is 0 Å². The Kier molecular flexibility index (Phi) is 3.29. The van der Waals surface area contributed by atoms with Gasteiger partial charge in [0.15, 0.2) is 0 Å². The molecule has 19 heavy (non-hydrogen) atoms. The Labute approximate surface area is 113 Å². The minimum Gasteiger partial charge on any atom is -0.373 e. The van der Waals surface area contributed by atoms with E-state index in [1.54, 1.807) is 0 Å². The average molecular weight is 260 g/mol. The molecule has 2 aliphatic heterocycles. The van der Waals surface area contributed by atoms with E-state index in [1.165, 1.54) is 0 Å². The zero-order valence-electron chi connectivity index (χ0n) is 11.3. The monoisotopic (exact) mass is 260 g/mol. The average Bonchev–Trinajstić information content (AvgIpc) is 2.99. The van der Waals surface area contributed by atoms with E-state index in [4.69, 9.17) is 4.74 Å². The summed E-state index contributed by atoms with van der Waals surface area (Å²) in [5.41, 5.74) is 0.948. The fourth-order valence-corrected chi connectivity index (χ4v) is 2.97. The van der Waals surface area contributed by atoms with E-state index >= 15 is 0 Å². The van der Waals surface area contributed by atoms with Crippen molar-refractivity contribution in [3.05, 3.63) is 35.9 Å². The first-order valence-electron chi connectivity index (χ1n) is 6.90. The van der Waals surface area contributed by atoms with Gasteiger partial charge in [-0.15, -0.1) is 0 Å². The summed E-state index contributed by atoms with van der Waals surface area (Å²) in [7, 11) is 0. The molecule has 2 heterocycles. The highest BCUT2D eigenvalue weighted by Gasteiger charge is 2.39. The summed E-state index contributed by atoms with van der Waals surface area (Å²) >= 11 is 0. The Morgan fingerprint density at radius 3 is 2.89 bits per heavy atom. The zero-order valence-corrected chi connectivity index (χ0v) is 11.3. The van der Waals surface area contributed by atoms with Gasteiger partial charge in [0.25, 0.3) is 0 Å². The number of amides is 1. The summed E-state index contributed by atoms with van der Waals surface area (Å²) < 4.78 is 5.81. The van der Waals surface area contributed by atoms with Crippen molar-refractivity contribution in [1.29, 1.82) is 0 Å². The van der Waals surface area contributed by atoms with Crippen LogP contribution in [0, 0.1) is 0 Å². The lowest BCUT2D eigenvalue weighted by Crippen LogP contribution is -2.43. The summed E-state index contributed by atoms with van der Waals surface area (Å²) in [5.74, 6) is 0.158. The Hall–Kier alpha value is -1.39. The van der Waals surface area contributed by atoms with Crippen LogP contribution in [0.5, 0.6) is 0 Å². The summed E-state index contributed by atoms with van der Waals surface area (Å²) in [4.78, 5) is 14.0. The maximum atomic E-state index is 12.1. The fraction of sp³-hybridized carbons (Fsp3) is 0.533. The minimum absolute atomic E-state index is 0.0188. The first kappa shape index (κ1) is 12.6. The minimum atomic E-state index is -0.186. The third-order valence-electron chi connectivity index (χ3n) is 4.00. The summed E-state index contributed by atoms with van der Waals surface area (Å²) in [5, 5.41) is 3.28. The Bertz CT molecular complexity index is 454. The third kappa shape index (κ3) is 2.51. The van der Waals surface area contributed by atoms with Crippen LogP contribution >= 0.6 is 0 Å². The van der Waals surface area contributed by atoms with Crippen molar-refractivity contribution >= 4 is 5.91 Å². The maximum Gasteiger partial charge on any atom is 0.238 e. The number of rotatable bonds is 3. The number of nitrogens with zero attached hydrogens (tertiary/aromatic N) is 1. The second-order valence-electron chi connectivity index (χ2n) is 5.62. The smallest absolute Gasteiger partial charge is 0.238 e. The van der Waals surface area contributed by atoms with Crippen molar-refractivity contribution in [2.45, 2.75) is 31.5 Å². The lowest BCUT2D eigenvalue weighted by atomic mass is 10.0. The van der Waals surface area contributed by atoms with E-state index in [-0.39, 0.29) is 17.7 Å². The van der Waals surface area contributed by atoms with Crippen molar-refractivity contribution in [3.63, 3.8) is 0 Å². The molecule has 1 N–H and O–H groups in total. The van der Waals surface area contributed by atoms with Crippen LogP contribution in [0.15, 0.2) is 30.3 Å². The van der Waals surface area contributed by atoms with E-state index in [0.717, 1.165) is 25.0 Å². The van der Waals surface area contributed by atoms with Gasteiger partial charge in [-0.2, -0.15) is 0 Å². The van der Waals surface area contributed by atoms with Gasteiger partial charge < -0.3 is 9.64 Å². The van der Waals surface area contributed by atoms with Crippen molar-refractivity contribution in [3.8, 4) is 0 Å². The molecule has 2 atom stereocenters.